The van der Waals surface area contributed by atoms with Crippen molar-refractivity contribution in [2.75, 3.05) is 13.7 Å². The molecule has 0 aliphatic heterocycles. The first-order valence-corrected chi connectivity index (χ1v) is 5.90. The summed E-state index contributed by atoms with van der Waals surface area (Å²) in [6.07, 6.45) is 0.777. The van der Waals surface area contributed by atoms with Crippen molar-refractivity contribution in [2.45, 2.75) is 6.92 Å². The van der Waals surface area contributed by atoms with Crippen molar-refractivity contribution in [1.29, 1.82) is 0 Å². The predicted octanol–water partition coefficient (Wildman–Crippen LogP) is 2.24. The number of ether oxygens (including phenoxy) is 2. The standard InChI is InChI=1S/C11H13BrN2O4/c1-3-18-11(16)14-13-6-7-4-10(17-2)9(15)5-8(7)12/h4-6,15H,3H2,1-2H3,(H,14,16). The number of benzene rings is 1. The first kappa shape index (κ1) is 14.3. The lowest BCUT2D eigenvalue weighted by atomic mass is 10.2. The highest BCUT2D eigenvalue weighted by molar-refractivity contribution is 9.10. The van der Waals surface area contributed by atoms with Crippen molar-refractivity contribution < 1.29 is 19.4 Å². The number of aromatic hydroxyl groups is 1. The molecular formula is C11H13BrN2O4. The van der Waals surface area contributed by atoms with Crippen molar-refractivity contribution in [3.63, 3.8) is 0 Å². The Balaban J connectivity index is 2.78. The lowest BCUT2D eigenvalue weighted by Gasteiger charge is -2.06. The number of methoxy groups -OCH3 is 1. The normalized spacial score (nSPS) is 10.4. The monoisotopic (exact) mass is 316 g/mol. The van der Waals surface area contributed by atoms with Gasteiger partial charge in [0.1, 0.15) is 0 Å². The smallest absolute Gasteiger partial charge is 0.427 e. The molecule has 0 aliphatic carbocycles. The molecule has 0 bridgehead atoms. The average Bonchev–Trinajstić information content (AvgIpc) is 2.32. The van der Waals surface area contributed by atoms with Crippen LogP contribution in [0.5, 0.6) is 11.5 Å². The topological polar surface area (TPSA) is 80.2 Å². The third-order valence-electron chi connectivity index (χ3n) is 1.93. The third kappa shape index (κ3) is 3.92. The first-order chi connectivity index (χ1) is 8.58. The number of halogens is 1. The van der Waals surface area contributed by atoms with Gasteiger partial charge in [-0.3, -0.25) is 0 Å². The summed E-state index contributed by atoms with van der Waals surface area (Å²) < 4.78 is 10.2. The molecule has 0 spiro atoms. The SMILES string of the molecule is CCOC(=O)NN=Cc1cc(OC)c(O)cc1Br. The molecule has 1 aromatic carbocycles. The zero-order chi connectivity index (χ0) is 13.5. The van der Waals surface area contributed by atoms with Gasteiger partial charge in [0.2, 0.25) is 0 Å². The second-order valence-electron chi connectivity index (χ2n) is 3.14. The summed E-state index contributed by atoms with van der Waals surface area (Å²) in [5, 5.41) is 13.2. The first-order valence-electron chi connectivity index (χ1n) is 5.10. The Morgan fingerprint density at radius 2 is 2.33 bits per heavy atom. The van der Waals surface area contributed by atoms with Crippen LogP contribution in [-0.4, -0.2) is 31.1 Å². The number of amides is 1. The van der Waals surface area contributed by atoms with E-state index in [9.17, 15) is 9.90 Å². The summed E-state index contributed by atoms with van der Waals surface area (Å²) in [5.74, 6) is 0.329. The molecular weight excluding hydrogens is 304 g/mol. The van der Waals surface area contributed by atoms with Crippen LogP contribution in [0.4, 0.5) is 4.79 Å². The van der Waals surface area contributed by atoms with Crippen LogP contribution in [0.25, 0.3) is 0 Å². The van der Waals surface area contributed by atoms with E-state index in [4.69, 9.17) is 4.74 Å². The fraction of sp³-hybridized carbons (Fsp3) is 0.273. The quantitative estimate of drug-likeness (QED) is 0.659. The molecule has 0 aliphatic rings. The van der Waals surface area contributed by atoms with E-state index in [0.29, 0.717) is 15.8 Å². The minimum Gasteiger partial charge on any atom is -0.504 e. The van der Waals surface area contributed by atoms with E-state index >= 15 is 0 Å². The Bertz CT molecular complexity index is 463. The van der Waals surface area contributed by atoms with E-state index in [1.165, 1.54) is 19.4 Å². The van der Waals surface area contributed by atoms with Crippen molar-refractivity contribution in [3.05, 3.63) is 22.2 Å². The highest BCUT2D eigenvalue weighted by Gasteiger charge is 2.06. The number of rotatable bonds is 4. The second-order valence-corrected chi connectivity index (χ2v) is 3.99. The van der Waals surface area contributed by atoms with Gasteiger partial charge < -0.3 is 14.6 Å². The Hall–Kier alpha value is -1.76. The van der Waals surface area contributed by atoms with Gasteiger partial charge in [0.25, 0.3) is 0 Å². The summed E-state index contributed by atoms with van der Waals surface area (Å²) in [6, 6.07) is 3.06. The van der Waals surface area contributed by atoms with Gasteiger partial charge in [-0.15, -0.1) is 0 Å². The molecule has 0 radical (unpaired) electrons. The molecule has 1 rings (SSSR count). The summed E-state index contributed by atoms with van der Waals surface area (Å²) >= 11 is 3.26. The predicted molar refractivity (Wildman–Crippen MR) is 70.1 cm³/mol. The molecule has 18 heavy (non-hydrogen) atoms. The number of hydrogen-bond donors (Lipinski definition) is 2. The number of carbonyl (C=O) groups is 1. The van der Waals surface area contributed by atoms with Crippen molar-refractivity contribution in [2.24, 2.45) is 5.10 Å². The number of nitrogens with zero attached hydrogens (tertiary/aromatic N) is 1. The number of phenolic OH excluding ortho intramolecular Hbond substituents is 1. The fourth-order valence-electron chi connectivity index (χ4n) is 1.14. The van der Waals surface area contributed by atoms with E-state index < -0.39 is 6.09 Å². The molecule has 0 saturated heterocycles. The molecule has 0 fully saturated rings. The Morgan fingerprint density at radius 1 is 1.61 bits per heavy atom. The van der Waals surface area contributed by atoms with Crippen LogP contribution in [0.1, 0.15) is 12.5 Å². The summed E-state index contributed by atoms with van der Waals surface area (Å²) in [7, 11) is 1.45. The van der Waals surface area contributed by atoms with Gasteiger partial charge in [0.15, 0.2) is 11.5 Å². The number of phenols is 1. The molecule has 0 aromatic heterocycles. The molecule has 6 nitrogen and oxygen atoms in total. The van der Waals surface area contributed by atoms with Gasteiger partial charge in [0, 0.05) is 10.0 Å². The van der Waals surface area contributed by atoms with Crippen LogP contribution < -0.4 is 10.2 Å². The summed E-state index contributed by atoms with van der Waals surface area (Å²) in [4.78, 5) is 11.0. The lowest BCUT2D eigenvalue weighted by Crippen LogP contribution is -2.18. The molecule has 0 heterocycles. The van der Waals surface area contributed by atoms with Crippen LogP contribution in [0.2, 0.25) is 0 Å². The molecule has 0 atom stereocenters. The molecule has 7 heteroatoms. The molecule has 0 saturated carbocycles. The zero-order valence-electron chi connectivity index (χ0n) is 9.94. The van der Waals surface area contributed by atoms with Crippen molar-refractivity contribution >= 4 is 28.2 Å². The van der Waals surface area contributed by atoms with Crippen LogP contribution in [0.15, 0.2) is 21.7 Å². The molecule has 98 valence electrons. The van der Waals surface area contributed by atoms with Gasteiger partial charge in [-0.1, -0.05) is 0 Å². The van der Waals surface area contributed by atoms with Crippen LogP contribution >= 0.6 is 15.9 Å². The maximum atomic E-state index is 11.0. The van der Waals surface area contributed by atoms with Gasteiger partial charge in [-0.05, 0) is 35.0 Å². The third-order valence-corrected chi connectivity index (χ3v) is 2.62. The number of hydrogen-bond acceptors (Lipinski definition) is 5. The summed E-state index contributed by atoms with van der Waals surface area (Å²) in [5.41, 5.74) is 2.84. The number of hydrazone groups is 1. The minimum atomic E-state index is -0.629. The van der Waals surface area contributed by atoms with Crippen LogP contribution in [0, 0.1) is 0 Å². The van der Waals surface area contributed by atoms with E-state index in [0.717, 1.165) is 0 Å². The largest absolute Gasteiger partial charge is 0.504 e. The Labute approximate surface area is 113 Å². The molecule has 0 unspecified atom stereocenters. The van der Waals surface area contributed by atoms with Gasteiger partial charge in [-0.25, -0.2) is 10.2 Å². The van der Waals surface area contributed by atoms with Gasteiger partial charge in [0.05, 0.1) is 19.9 Å². The van der Waals surface area contributed by atoms with Crippen LogP contribution in [0.3, 0.4) is 0 Å². The number of carbonyl (C=O) groups excluding carboxylic acids is 1. The zero-order valence-corrected chi connectivity index (χ0v) is 11.5. The van der Waals surface area contributed by atoms with E-state index in [2.05, 4.69) is 31.2 Å². The summed E-state index contributed by atoms with van der Waals surface area (Å²) in [6.45, 7) is 1.97. The Kier molecular flexibility index (Phi) is 5.44. The van der Waals surface area contributed by atoms with Crippen LogP contribution in [-0.2, 0) is 4.74 Å². The maximum Gasteiger partial charge on any atom is 0.427 e. The van der Waals surface area contributed by atoms with Gasteiger partial charge >= 0.3 is 6.09 Å². The molecule has 1 amide bonds. The molecule has 1 aromatic rings. The lowest BCUT2D eigenvalue weighted by molar-refractivity contribution is 0.152. The van der Waals surface area contributed by atoms with Crippen molar-refractivity contribution in [3.8, 4) is 11.5 Å². The van der Waals surface area contributed by atoms with Gasteiger partial charge in [-0.2, -0.15) is 5.10 Å². The highest BCUT2D eigenvalue weighted by atomic mass is 79.9. The van der Waals surface area contributed by atoms with E-state index in [1.807, 2.05) is 0 Å². The average molecular weight is 317 g/mol. The highest BCUT2D eigenvalue weighted by Crippen LogP contribution is 2.31. The second kappa shape index (κ2) is 6.85. The number of nitrogens with one attached hydrogen (secondary N) is 1. The molecule has 2 N–H and O–H groups in total. The minimum absolute atomic E-state index is 0.0138. The van der Waals surface area contributed by atoms with E-state index in [1.54, 1.807) is 13.0 Å². The maximum absolute atomic E-state index is 11.0. The van der Waals surface area contributed by atoms with Crippen molar-refractivity contribution in [1.82, 2.24) is 5.43 Å². The van der Waals surface area contributed by atoms with E-state index in [-0.39, 0.29) is 12.4 Å². The fourth-order valence-corrected chi connectivity index (χ4v) is 1.57. The Morgan fingerprint density at radius 3 is 2.94 bits per heavy atom.